The normalized spacial score (nSPS) is 11.1. The van der Waals surface area contributed by atoms with Crippen molar-refractivity contribution in [3.63, 3.8) is 0 Å². The predicted molar refractivity (Wildman–Crippen MR) is 103 cm³/mol. The molecule has 0 saturated carbocycles. The summed E-state index contributed by atoms with van der Waals surface area (Å²) in [7, 11) is 2.57. The highest BCUT2D eigenvalue weighted by Gasteiger charge is 2.23. The third-order valence-corrected chi connectivity index (χ3v) is 3.80. The van der Waals surface area contributed by atoms with Gasteiger partial charge < -0.3 is 19.6 Å². The highest BCUT2D eigenvalue weighted by Crippen LogP contribution is 2.32. The summed E-state index contributed by atoms with van der Waals surface area (Å²) < 4.78 is 53.0. The van der Waals surface area contributed by atoms with E-state index in [2.05, 4.69) is 25.3 Å². The fourth-order valence-corrected chi connectivity index (χ4v) is 2.42. The maximum atomic E-state index is 14.9. The smallest absolute Gasteiger partial charge is 0.273 e. The molecule has 0 aliphatic heterocycles. The number of likely N-dealkylation sites (N-methyl/N-ethyl adjacent to an activating group) is 1. The average Bonchev–Trinajstić information content (AvgIpc) is 2.76. The molecule has 0 aliphatic rings. The first-order valence-corrected chi connectivity index (χ1v) is 8.68. The van der Waals surface area contributed by atoms with Gasteiger partial charge in [-0.2, -0.15) is 14.4 Å². The number of ether oxygens (including phenoxy) is 2. The summed E-state index contributed by atoms with van der Waals surface area (Å²) in [6.45, 7) is 0. The van der Waals surface area contributed by atoms with E-state index in [1.54, 1.807) is 0 Å². The van der Waals surface area contributed by atoms with Crippen molar-refractivity contribution >= 4 is 11.6 Å². The van der Waals surface area contributed by atoms with Crippen LogP contribution in [-0.2, 0) is 9.63 Å². The van der Waals surface area contributed by atoms with E-state index in [1.807, 2.05) is 0 Å². The molecule has 1 N–H and O–H groups in total. The lowest BCUT2D eigenvalue weighted by molar-refractivity contribution is -0.114. The Balaban J connectivity index is 2.00. The van der Waals surface area contributed by atoms with Crippen LogP contribution in [0.15, 0.2) is 53.9 Å². The van der Waals surface area contributed by atoms with Crippen LogP contribution in [0, 0.1) is 17.5 Å². The van der Waals surface area contributed by atoms with Gasteiger partial charge in [-0.05, 0) is 24.3 Å². The van der Waals surface area contributed by atoms with Crippen LogP contribution in [0.3, 0.4) is 0 Å². The highest BCUT2D eigenvalue weighted by atomic mass is 19.1. The third kappa shape index (κ3) is 4.89. The Kier molecular flexibility index (Phi) is 6.65. The molecule has 0 aliphatic carbocycles. The predicted octanol–water partition coefficient (Wildman–Crippen LogP) is 3.58. The van der Waals surface area contributed by atoms with Crippen molar-refractivity contribution in [3.8, 4) is 23.3 Å². The summed E-state index contributed by atoms with van der Waals surface area (Å²) in [5.74, 6) is -5.13. The number of para-hydroxylation sites is 1. The van der Waals surface area contributed by atoms with Crippen LogP contribution in [-0.4, -0.2) is 35.7 Å². The number of nitrogens with one attached hydrogen (secondary N) is 1. The largest absolute Gasteiger partial charge is 0.435 e. The monoisotopic (exact) mass is 432 g/mol. The van der Waals surface area contributed by atoms with Gasteiger partial charge in [0.2, 0.25) is 5.82 Å². The Labute approximate surface area is 174 Å². The SMILES string of the molecule is CNC(=O)/C(=N/OC)c1ccc(F)cc1Oc1ncnc(Oc2ccccc2F)c1F. The summed E-state index contributed by atoms with van der Waals surface area (Å²) in [6.07, 6.45) is 0.913. The summed E-state index contributed by atoms with van der Waals surface area (Å²) in [4.78, 5) is 24.1. The van der Waals surface area contributed by atoms with Crippen molar-refractivity contribution in [2.45, 2.75) is 0 Å². The van der Waals surface area contributed by atoms with Crippen LogP contribution in [0.5, 0.6) is 23.3 Å². The number of oxime groups is 1. The van der Waals surface area contributed by atoms with Crippen molar-refractivity contribution < 1.29 is 32.3 Å². The van der Waals surface area contributed by atoms with Crippen LogP contribution < -0.4 is 14.8 Å². The van der Waals surface area contributed by atoms with Crippen molar-refractivity contribution in [1.82, 2.24) is 15.3 Å². The molecule has 0 bridgehead atoms. The molecule has 0 radical (unpaired) electrons. The first-order valence-electron chi connectivity index (χ1n) is 8.68. The van der Waals surface area contributed by atoms with Gasteiger partial charge in [0.15, 0.2) is 17.3 Å². The summed E-state index contributed by atoms with van der Waals surface area (Å²) >= 11 is 0. The van der Waals surface area contributed by atoms with E-state index in [-0.39, 0.29) is 22.8 Å². The van der Waals surface area contributed by atoms with Gasteiger partial charge in [0.05, 0.1) is 5.56 Å². The third-order valence-electron chi connectivity index (χ3n) is 3.80. The first kappa shape index (κ1) is 21.6. The number of carbonyl (C=O) groups is 1. The molecule has 2 aromatic carbocycles. The van der Waals surface area contributed by atoms with E-state index < -0.39 is 35.1 Å². The van der Waals surface area contributed by atoms with E-state index in [9.17, 15) is 18.0 Å². The van der Waals surface area contributed by atoms with Gasteiger partial charge in [-0.1, -0.05) is 17.3 Å². The van der Waals surface area contributed by atoms with Gasteiger partial charge in [-0.15, -0.1) is 0 Å². The number of hydrogen-bond acceptors (Lipinski definition) is 7. The number of halogens is 3. The second kappa shape index (κ2) is 9.57. The van der Waals surface area contributed by atoms with Crippen LogP contribution in [0.25, 0.3) is 0 Å². The number of benzene rings is 2. The Hall–Kier alpha value is -4.15. The van der Waals surface area contributed by atoms with Gasteiger partial charge in [0, 0.05) is 13.1 Å². The number of aromatic nitrogens is 2. The molecule has 0 unspecified atom stereocenters. The average molecular weight is 432 g/mol. The van der Waals surface area contributed by atoms with Crippen molar-refractivity contribution in [3.05, 3.63) is 71.8 Å². The van der Waals surface area contributed by atoms with Gasteiger partial charge in [0.1, 0.15) is 25.0 Å². The Morgan fingerprint density at radius 1 is 1.00 bits per heavy atom. The first-order chi connectivity index (χ1) is 14.9. The van der Waals surface area contributed by atoms with Crippen LogP contribution in [0.2, 0.25) is 0 Å². The van der Waals surface area contributed by atoms with E-state index in [1.165, 1.54) is 38.4 Å². The van der Waals surface area contributed by atoms with Crippen LogP contribution >= 0.6 is 0 Å². The van der Waals surface area contributed by atoms with E-state index in [0.29, 0.717) is 0 Å². The second-order valence-electron chi connectivity index (χ2n) is 5.77. The minimum absolute atomic E-state index is 0.00261. The molecule has 0 saturated heterocycles. The molecule has 31 heavy (non-hydrogen) atoms. The van der Waals surface area contributed by atoms with E-state index >= 15 is 0 Å². The number of nitrogens with zero attached hydrogens (tertiary/aromatic N) is 3. The molecule has 3 aromatic rings. The zero-order valence-corrected chi connectivity index (χ0v) is 16.2. The van der Waals surface area contributed by atoms with Gasteiger partial charge >= 0.3 is 0 Å². The quantitative estimate of drug-likeness (QED) is 0.453. The number of amides is 1. The van der Waals surface area contributed by atoms with Crippen molar-refractivity contribution in [1.29, 1.82) is 0 Å². The maximum Gasteiger partial charge on any atom is 0.273 e. The zero-order chi connectivity index (χ0) is 22.4. The minimum atomic E-state index is -1.17. The lowest BCUT2D eigenvalue weighted by Crippen LogP contribution is -2.29. The molecular formula is C20H15F3N4O4. The molecule has 0 atom stereocenters. The van der Waals surface area contributed by atoms with Crippen LogP contribution in [0.4, 0.5) is 13.2 Å². The van der Waals surface area contributed by atoms with Gasteiger partial charge in [-0.3, -0.25) is 4.79 Å². The number of carbonyl (C=O) groups excluding carboxylic acids is 1. The van der Waals surface area contributed by atoms with Crippen LogP contribution in [0.1, 0.15) is 5.56 Å². The highest BCUT2D eigenvalue weighted by molar-refractivity contribution is 6.45. The van der Waals surface area contributed by atoms with E-state index in [0.717, 1.165) is 24.5 Å². The molecule has 8 nitrogen and oxygen atoms in total. The van der Waals surface area contributed by atoms with Gasteiger partial charge in [-0.25, -0.2) is 8.78 Å². The fraction of sp³-hybridized carbons (Fsp3) is 0.100. The Morgan fingerprint density at radius 2 is 1.68 bits per heavy atom. The molecule has 1 heterocycles. The molecule has 0 spiro atoms. The Bertz CT molecular complexity index is 1140. The molecule has 0 fully saturated rings. The number of rotatable bonds is 7. The molecule has 1 aromatic heterocycles. The second-order valence-corrected chi connectivity index (χ2v) is 5.77. The lowest BCUT2D eigenvalue weighted by atomic mass is 10.1. The zero-order valence-electron chi connectivity index (χ0n) is 16.2. The molecular weight excluding hydrogens is 417 g/mol. The van der Waals surface area contributed by atoms with Crippen molar-refractivity contribution in [2.75, 3.05) is 14.2 Å². The lowest BCUT2D eigenvalue weighted by Gasteiger charge is -2.13. The van der Waals surface area contributed by atoms with E-state index in [4.69, 9.17) is 9.47 Å². The number of hydrogen-bond donors (Lipinski definition) is 1. The van der Waals surface area contributed by atoms with Gasteiger partial charge in [0.25, 0.3) is 17.7 Å². The standard InChI is InChI=1S/C20H15F3N4O4/c1-24-18(28)17(27-29-2)12-8-7-11(21)9-15(12)31-20-16(23)19(25-10-26-20)30-14-6-4-3-5-13(14)22/h3-10H,1-2H3,(H,24,28)/b27-17+. The minimum Gasteiger partial charge on any atom is -0.435 e. The van der Waals surface area contributed by atoms with Crippen molar-refractivity contribution in [2.24, 2.45) is 5.16 Å². The summed E-state index contributed by atoms with van der Waals surface area (Å²) in [6, 6.07) is 8.49. The molecule has 1 amide bonds. The molecule has 160 valence electrons. The topological polar surface area (TPSA) is 94.9 Å². The summed E-state index contributed by atoms with van der Waals surface area (Å²) in [5.41, 5.74) is -0.255. The Morgan fingerprint density at radius 3 is 2.32 bits per heavy atom. The maximum absolute atomic E-state index is 14.9. The molecule has 3 rings (SSSR count). The molecule has 11 heteroatoms. The summed E-state index contributed by atoms with van der Waals surface area (Å²) in [5, 5.41) is 5.96. The fourth-order valence-electron chi connectivity index (χ4n) is 2.42.